The Morgan fingerprint density at radius 2 is 2.05 bits per heavy atom. The summed E-state index contributed by atoms with van der Waals surface area (Å²) in [5.41, 5.74) is 0. The van der Waals surface area contributed by atoms with Gasteiger partial charge in [0.1, 0.15) is 0 Å². The van der Waals surface area contributed by atoms with Gasteiger partial charge >= 0.3 is 6.01 Å². The molecule has 0 unspecified atom stereocenters. The molecule has 0 aliphatic carbocycles. The molecule has 106 valence electrons. The van der Waals surface area contributed by atoms with E-state index in [0.29, 0.717) is 11.9 Å². The molecule has 0 amide bonds. The number of aromatic nitrogens is 3. The summed E-state index contributed by atoms with van der Waals surface area (Å²) in [6, 6.07) is 0.239. The molecule has 19 heavy (non-hydrogen) atoms. The van der Waals surface area contributed by atoms with Crippen LogP contribution >= 0.6 is 11.6 Å². The molecule has 1 aromatic heterocycles. The van der Waals surface area contributed by atoms with E-state index in [2.05, 4.69) is 32.1 Å². The molecule has 7 heteroatoms. The van der Waals surface area contributed by atoms with Gasteiger partial charge in [-0.25, -0.2) is 0 Å². The van der Waals surface area contributed by atoms with Crippen molar-refractivity contribution >= 4 is 17.5 Å². The number of rotatable bonds is 5. The van der Waals surface area contributed by atoms with Crippen LogP contribution in [0, 0.1) is 5.92 Å². The summed E-state index contributed by atoms with van der Waals surface area (Å²) >= 11 is 5.80. The van der Waals surface area contributed by atoms with E-state index in [9.17, 15) is 0 Å². The van der Waals surface area contributed by atoms with Gasteiger partial charge in [0.25, 0.3) is 0 Å². The Morgan fingerprint density at radius 1 is 1.32 bits per heavy atom. The largest absolute Gasteiger partial charge is 0.467 e. The summed E-state index contributed by atoms with van der Waals surface area (Å²) in [7, 11) is 1.51. The van der Waals surface area contributed by atoms with Crippen LogP contribution in [0.3, 0.4) is 0 Å². The Morgan fingerprint density at radius 3 is 2.68 bits per heavy atom. The van der Waals surface area contributed by atoms with Gasteiger partial charge in [-0.05, 0) is 50.0 Å². The number of ether oxygens (including phenoxy) is 1. The second-order valence-corrected chi connectivity index (χ2v) is 5.01. The molecular formula is C12H20ClN5O. The highest BCUT2D eigenvalue weighted by atomic mass is 35.5. The van der Waals surface area contributed by atoms with Crippen molar-refractivity contribution in [1.82, 2.24) is 19.9 Å². The zero-order chi connectivity index (χ0) is 13.7. The molecule has 0 bridgehead atoms. The van der Waals surface area contributed by atoms with E-state index in [1.165, 1.54) is 33.0 Å². The highest BCUT2D eigenvalue weighted by molar-refractivity contribution is 6.28. The molecule has 0 saturated carbocycles. The Hall–Kier alpha value is -1.14. The quantitative estimate of drug-likeness (QED) is 0.888. The lowest BCUT2D eigenvalue weighted by molar-refractivity contribution is 0.198. The number of nitrogens with one attached hydrogen (secondary N) is 1. The van der Waals surface area contributed by atoms with Crippen molar-refractivity contribution in [3.63, 3.8) is 0 Å². The monoisotopic (exact) mass is 285 g/mol. The molecule has 1 saturated heterocycles. The Labute approximate surface area is 118 Å². The first-order valence-electron chi connectivity index (χ1n) is 6.63. The summed E-state index contributed by atoms with van der Waals surface area (Å²) in [5.74, 6) is 1.14. The topological polar surface area (TPSA) is 63.2 Å². The average Bonchev–Trinajstić information content (AvgIpc) is 2.45. The van der Waals surface area contributed by atoms with E-state index in [4.69, 9.17) is 16.3 Å². The summed E-state index contributed by atoms with van der Waals surface area (Å²) < 4.78 is 4.96. The van der Waals surface area contributed by atoms with E-state index in [-0.39, 0.29) is 11.3 Å². The molecule has 1 aliphatic rings. The van der Waals surface area contributed by atoms with E-state index in [0.717, 1.165) is 13.1 Å². The Bertz CT molecular complexity index is 409. The minimum atomic E-state index is 0.148. The normalized spacial score (nSPS) is 17.4. The van der Waals surface area contributed by atoms with Crippen LogP contribution in [0.5, 0.6) is 6.01 Å². The van der Waals surface area contributed by atoms with E-state index >= 15 is 0 Å². The predicted octanol–water partition coefficient (Wildman–Crippen LogP) is 1.68. The first kappa shape index (κ1) is 14.3. The first-order chi connectivity index (χ1) is 9.21. The van der Waals surface area contributed by atoms with Crippen LogP contribution in [0.1, 0.15) is 19.8 Å². The third-order valence-electron chi connectivity index (χ3n) is 3.47. The van der Waals surface area contributed by atoms with Crippen molar-refractivity contribution in [2.45, 2.75) is 19.8 Å². The lowest BCUT2D eigenvalue weighted by Gasteiger charge is -2.30. The zero-order valence-corrected chi connectivity index (χ0v) is 12.2. The van der Waals surface area contributed by atoms with Crippen molar-refractivity contribution < 1.29 is 4.74 Å². The summed E-state index contributed by atoms with van der Waals surface area (Å²) in [6.45, 7) is 6.55. The van der Waals surface area contributed by atoms with Crippen molar-refractivity contribution in [2.24, 2.45) is 5.92 Å². The SMILES string of the molecule is CCN1CCC(CNc2nc(Cl)nc(OC)n2)CC1. The Kier molecular flexibility index (Phi) is 5.15. The number of halogens is 1. The van der Waals surface area contributed by atoms with Crippen LogP contribution in [0.4, 0.5) is 5.95 Å². The van der Waals surface area contributed by atoms with Gasteiger partial charge in [0.05, 0.1) is 7.11 Å². The highest BCUT2D eigenvalue weighted by Crippen LogP contribution is 2.18. The van der Waals surface area contributed by atoms with Crippen molar-refractivity contribution in [2.75, 3.05) is 38.6 Å². The maximum absolute atomic E-state index is 5.80. The van der Waals surface area contributed by atoms with Crippen LogP contribution < -0.4 is 10.1 Å². The average molecular weight is 286 g/mol. The summed E-state index contributed by atoms with van der Waals surface area (Å²) in [5, 5.41) is 3.37. The maximum Gasteiger partial charge on any atom is 0.322 e. The van der Waals surface area contributed by atoms with Gasteiger partial charge in [-0.15, -0.1) is 0 Å². The third kappa shape index (κ3) is 4.18. The smallest absolute Gasteiger partial charge is 0.322 e. The minimum absolute atomic E-state index is 0.148. The van der Waals surface area contributed by atoms with Crippen molar-refractivity contribution in [1.29, 1.82) is 0 Å². The van der Waals surface area contributed by atoms with E-state index in [1.807, 2.05) is 0 Å². The number of hydrogen-bond acceptors (Lipinski definition) is 6. The van der Waals surface area contributed by atoms with Gasteiger partial charge in [-0.3, -0.25) is 0 Å². The van der Waals surface area contributed by atoms with E-state index < -0.39 is 0 Å². The van der Waals surface area contributed by atoms with Crippen LogP contribution in [-0.4, -0.2) is 53.1 Å². The fraction of sp³-hybridized carbons (Fsp3) is 0.750. The van der Waals surface area contributed by atoms with E-state index in [1.54, 1.807) is 0 Å². The van der Waals surface area contributed by atoms with Crippen LogP contribution in [0.25, 0.3) is 0 Å². The molecule has 0 radical (unpaired) electrons. The van der Waals surface area contributed by atoms with Gasteiger partial charge in [0, 0.05) is 6.54 Å². The third-order valence-corrected chi connectivity index (χ3v) is 3.64. The molecule has 1 aliphatic heterocycles. The summed E-state index contributed by atoms with van der Waals surface area (Å²) in [6.07, 6.45) is 2.41. The van der Waals surface area contributed by atoms with Crippen LogP contribution in [0.2, 0.25) is 5.28 Å². The maximum atomic E-state index is 5.80. The standard InChI is InChI=1S/C12H20ClN5O/c1-3-18-6-4-9(5-7-18)8-14-11-15-10(13)16-12(17-11)19-2/h9H,3-8H2,1-2H3,(H,14,15,16,17). The number of likely N-dealkylation sites (tertiary alicyclic amines) is 1. The van der Waals surface area contributed by atoms with Crippen molar-refractivity contribution in [3.8, 4) is 6.01 Å². The zero-order valence-electron chi connectivity index (χ0n) is 11.4. The lowest BCUT2D eigenvalue weighted by Crippen LogP contribution is -2.35. The molecule has 0 atom stereocenters. The Balaban J connectivity index is 1.84. The summed E-state index contributed by atoms with van der Waals surface area (Å²) in [4.78, 5) is 14.5. The molecule has 0 spiro atoms. The number of methoxy groups -OCH3 is 1. The predicted molar refractivity (Wildman–Crippen MR) is 74.7 cm³/mol. The molecule has 2 heterocycles. The highest BCUT2D eigenvalue weighted by Gasteiger charge is 2.18. The first-order valence-corrected chi connectivity index (χ1v) is 7.01. The van der Waals surface area contributed by atoms with Gasteiger partial charge in [-0.1, -0.05) is 6.92 Å². The van der Waals surface area contributed by atoms with Crippen LogP contribution in [-0.2, 0) is 0 Å². The molecule has 2 rings (SSSR count). The number of anilines is 1. The molecule has 0 aromatic carbocycles. The second-order valence-electron chi connectivity index (χ2n) is 4.67. The molecule has 1 aromatic rings. The second kappa shape index (κ2) is 6.86. The van der Waals surface area contributed by atoms with Gasteiger partial charge in [0.2, 0.25) is 11.2 Å². The minimum Gasteiger partial charge on any atom is -0.467 e. The number of nitrogens with zero attached hydrogens (tertiary/aromatic N) is 4. The van der Waals surface area contributed by atoms with Gasteiger partial charge in [0.15, 0.2) is 0 Å². The number of piperidine rings is 1. The molecule has 1 N–H and O–H groups in total. The lowest BCUT2D eigenvalue weighted by atomic mass is 9.97. The molecular weight excluding hydrogens is 266 g/mol. The van der Waals surface area contributed by atoms with Gasteiger partial charge < -0.3 is 15.0 Å². The fourth-order valence-corrected chi connectivity index (χ4v) is 2.40. The molecule has 6 nitrogen and oxygen atoms in total. The van der Waals surface area contributed by atoms with Crippen LogP contribution in [0.15, 0.2) is 0 Å². The molecule has 1 fully saturated rings. The van der Waals surface area contributed by atoms with Gasteiger partial charge in [-0.2, -0.15) is 15.0 Å². The fourth-order valence-electron chi connectivity index (χ4n) is 2.24. The van der Waals surface area contributed by atoms with Crippen molar-refractivity contribution in [3.05, 3.63) is 5.28 Å². The number of hydrogen-bond donors (Lipinski definition) is 1.